The highest BCUT2D eigenvalue weighted by molar-refractivity contribution is 6.10. The van der Waals surface area contributed by atoms with Crippen LogP contribution >= 0.6 is 0 Å². The highest BCUT2D eigenvalue weighted by atomic mass is 16.5. The molecule has 3 aromatic rings. The smallest absolute Gasteiger partial charge is 0.277 e. The Bertz CT molecular complexity index is 1370. The van der Waals surface area contributed by atoms with Crippen LogP contribution in [0.2, 0.25) is 0 Å². The number of carbonyl (C=O) groups is 2. The molecule has 0 radical (unpaired) electrons. The van der Waals surface area contributed by atoms with Gasteiger partial charge in [-0.3, -0.25) is 9.59 Å². The Morgan fingerprint density at radius 2 is 1.71 bits per heavy atom. The average Bonchev–Trinajstić information content (AvgIpc) is 3.78. The Morgan fingerprint density at radius 3 is 2.24 bits per heavy atom. The van der Waals surface area contributed by atoms with E-state index in [1.165, 1.54) is 4.68 Å². The number of primary amides is 1. The first kappa shape index (κ1) is 20.5. The van der Waals surface area contributed by atoms with E-state index in [-0.39, 0.29) is 22.4 Å². The quantitative estimate of drug-likeness (QED) is 0.637. The first-order valence-electron chi connectivity index (χ1n) is 11.3. The maximum absolute atomic E-state index is 13.9. The molecule has 2 N–H and O–H groups in total. The zero-order chi connectivity index (χ0) is 23.7. The molecule has 2 saturated carbocycles. The number of rotatable bonds is 5. The van der Waals surface area contributed by atoms with Crippen molar-refractivity contribution in [1.29, 1.82) is 5.26 Å². The van der Waals surface area contributed by atoms with Gasteiger partial charge in [0.2, 0.25) is 0 Å². The molecule has 2 amide bonds. The summed E-state index contributed by atoms with van der Waals surface area (Å²) in [5.41, 5.74) is 8.60. The van der Waals surface area contributed by atoms with E-state index in [0.717, 1.165) is 36.9 Å². The van der Waals surface area contributed by atoms with E-state index in [9.17, 15) is 14.9 Å². The van der Waals surface area contributed by atoms with Gasteiger partial charge in [-0.15, -0.1) is 0 Å². The maximum atomic E-state index is 13.9. The monoisotopic (exact) mass is 453 g/mol. The standard InChI is InChI=1S/C26H23N5O3/c1-34-19-8-6-18(7-9-19)31-22-20(21(29-31)23(28)32)26(12-13-26)15-30(24(22)33)17-4-2-16(3-5-17)25(14-27)10-11-25/h2-9H,10-13,15H2,1H3,(H2,28,32). The molecule has 2 aliphatic carbocycles. The van der Waals surface area contributed by atoms with Crippen molar-refractivity contribution in [1.82, 2.24) is 9.78 Å². The van der Waals surface area contributed by atoms with Gasteiger partial charge in [0.05, 0.1) is 24.3 Å². The lowest BCUT2D eigenvalue weighted by Crippen LogP contribution is -2.44. The molecule has 2 heterocycles. The minimum Gasteiger partial charge on any atom is -0.497 e. The molecule has 170 valence electrons. The molecule has 1 aromatic heterocycles. The van der Waals surface area contributed by atoms with Crippen LogP contribution in [-0.2, 0) is 10.8 Å². The van der Waals surface area contributed by atoms with Crippen LogP contribution in [0.3, 0.4) is 0 Å². The largest absolute Gasteiger partial charge is 0.497 e. The second-order valence-electron chi connectivity index (χ2n) is 9.46. The molecular weight excluding hydrogens is 430 g/mol. The van der Waals surface area contributed by atoms with Crippen molar-refractivity contribution in [2.75, 3.05) is 18.6 Å². The number of fused-ring (bicyclic) bond motifs is 2. The van der Waals surface area contributed by atoms with Gasteiger partial charge in [-0.1, -0.05) is 12.1 Å². The summed E-state index contributed by atoms with van der Waals surface area (Å²) in [6, 6.07) is 17.3. The molecule has 2 fully saturated rings. The van der Waals surface area contributed by atoms with Gasteiger partial charge < -0.3 is 15.4 Å². The third kappa shape index (κ3) is 2.86. The third-order valence-corrected chi connectivity index (χ3v) is 7.42. The molecule has 8 nitrogen and oxygen atoms in total. The van der Waals surface area contributed by atoms with Crippen molar-refractivity contribution in [3.63, 3.8) is 0 Å². The van der Waals surface area contributed by atoms with Crippen molar-refractivity contribution in [3.05, 3.63) is 71.0 Å². The van der Waals surface area contributed by atoms with Crippen molar-refractivity contribution in [2.45, 2.75) is 36.5 Å². The number of anilines is 1. The predicted octanol–water partition coefficient (Wildman–Crippen LogP) is 3.23. The molecule has 8 heteroatoms. The fraction of sp³-hybridized carbons (Fsp3) is 0.308. The van der Waals surface area contributed by atoms with Crippen LogP contribution in [0.25, 0.3) is 5.69 Å². The lowest BCUT2D eigenvalue weighted by Gasteiger charge is -2.33. The van der Waals surface area contributed by atoms with Gasteiger partial charge >= 0.3 is 0 Å². The lowest BCUT2D eigenvalue weighted by molar-refractivity contribution is 0.0966. The van der Waals surface area contributed by atoms with E-state index in [0.29, 0.717) is 29.2 Å². The van der Waals surface area contributed by atoms with Crippen molar-refractivity contribution in [2.24, 2.45) is 5.73 Å². The Hall–Kier alpha value is -4.12. The van der Waals surface area contributed by atoms with E-state index in [1.54, 1.807) is 36.3 Å². The lowest BCUT2D eigenvalue weighted by atomic mass is 9.88. The number of hydrogen-bond acceptors (Lipinski definition) is 5. The molecule has 6 rings (SSSR count). The Kier molecular flexibility index (Phi) is 4.18. The number of carbonyl (C=O) groups excluding carboxylic acids is 2. The average molecular weight is 454 g/mol. The molecule has 34 heavy (non-hydrogen) atoms. The normalized spacial score (nSPS) is 18.8. The molecule has 1 spiro atoms. The van der Waals surface area contributed by atoms with Crippen molar-refractivity contribution in [3.8, 4) is 17.5 Å². The van der Waals surface area contributed by atoms with Crippen LogP contribution in [0.1, 0.15) is 57.8 Å². The van der Waals surface area contributed by atoms with E-state index < -0.39 is 5.91 Å². The number of nitrogens with two attached hydrogens (primary N) is 1. The van der Waals surface area contributed by atoms with Crippen LogP contribution in [-0.4, -0.2) is 35.2 Å². The molecule has 2 aromatic carbocycles. The molecule has 0 atom stereocenters. The predicted molar refractivity (Wildman–Crippen MR) is 124 cm³/mol. The highest BCUT2D eigenvalue weighted by Crippen LogP contribution is 2.54. The first-order valence-corrected chi connectivity index (χ1v) is 11.3. The molecule has 0 saturated heterocycles. The summed E-state index contributed by atoms with van der Waals surface area (Å²) in [6.07, 6.45) is 3.45. The Balaban J connectivity index is 1.46. The molecular formula is C26H23N5O3. The van der Waals surface area contributed by atoms with Gasteiger partial charge in [0.1, 0.15) is 11.4 Å². The summed E-state index contributed by atoms with van der Waals surface area (Å²) >= 11 is 0. The highest BCUT2D eigenvalue weighted by Gasteiger charge is 2.56. The fourth-order valence-corrected chi connectivity index (χ4v) is 5.10. The van der Waals surface area contributed by atoms with Crippen LogP contribution in [0.15, 0.2) is 48.5 Å². The van der Waals surface area contributed by atoms with Crippen LogP contribution in [0, 0.1) is 11.3 Å². The van der Waals surface area contributed by atoms with Gasteiger partial charge in [-0.25, -0.2) is 4.68 Å². The van der Waals surface area contributed by atoms with Crippen molar-refractivity contribution < 1.29 is 14.3 Å². The number of methoxy groups -OCH3 is 1. The Morgan fingerprint density at radius 1 is 1.06 bits per heavy atom. The third-order valence-electron chi connectivity index (χ3n) is 7.42. The fourth-order valence-electron chi connectivity index (χ4n) is 5.10. The van der Waals surface area contributed by atoms with Gasteiger partial charge in [0.25, 0.3) is 11.8 Å². The van der Waals surface area contributed by atoms with Gasteiger partial charge in [0.15, 0.2) is 5.69 Å². The number of amides is 2. The van der Waals surface area contributed by atoms with Crippen LogP contribution in [0.5, 0.6) is 5.75 Å². The van der Waals surface area contributed by atoms with Crippen LogP contribution < -0.4 is 15.4 Å². The Labute approximate surface area is 196 Å². The van der Waals surface area contributed by atoms with E-state index in [2.05, 4.69) is 11.2 Å². The molecule has 1 aliphatic heterocycles. The second-order valence-corrected chi connectivity index (χ2v) is 9.46. The summed E-state index contributed by atoms with van der Waals surface area (Å²) in [6.45, 7) is 0.468. The first-order chi connectivity index (χ1) is 16.4. The van der Waals surface area contributed by atoms with Gasteiger partial charge in [0, 0.05) is 23.2 Å². The van der Waals surface area contributed by atoms with E-state index in [4.69, 9.17) is 10.5 Å². The molecule has 3 aliphatic rings. The number of benzene rings is 2. The number of hydrogen-bond donors (Lipinski definition) is 1. The summed E-state index contributed by atoms with van der Waals surface area (Å²) in [4.78, 5) is 28.0. The maximum Gasteiger partial charge on any atom is 0.277 e. The van der Waals surface area contributed by atoms with E-state index >= 15 is 0 Å². The summed E-state index contributed by atoms with van der Waals surface area (Å²) in [7, 11) is 1.58. The molecule has 0 unspecified atom stereocenters. The summed E-state index contributed by atoms with van der Waals surface area (Å²) in [5.74, 6) is -0.179. The zero-order valence-electron chi connectivity index (χ0n) is 18.7. The minimum absolute atomic E-state index is 0.163. The number of nitriles is 1. The van der Waals surface area contributed by atoms with Gasteiger partial charge in [-0.05, 0) is 67.6 Å². The molecule has 0 bridgehead atoms. The van der Waals surface area contributed by atoms with Crippen LogP contribution in [0.4, 0.5) is 5.69 Å². The van der Waals surface area contributed by atoms with E-state index in [1.807, 2.05) is 24.3 Å². The zero-order valence-corrected chi connectivity index (χ0v) is 18.7. The topological polar surface area (TPSA) is 114 Å². The number of aromatic nitrogens is 2. The summed E-state index contributed by atoms with van der Waals surface area (Å²) in [5, 5.41) is 14.0. The number of ether oxygens (including phenoxy) is 1. The number of nitrogens with zero attached hydrogens (tertiary/aromatic N) is 4. The van der Waals surface area contributed by atoms with Gasteiger partial charge in [-0.2, -0.15) is 10.4 Å². The SMILES string of the molecule is COc1ccc(-n2nc(C(N)=O)c3c2C(=O)N(c2ccc(C4(C#N)CC4)cc2)CC32CC2)cc1. The summed E-state index contributed by atoms with van der Waals surface area (Å²) < 4.78 is 6.78. The minimum atomic E-state index is -0.633. The van der Waals surface area contributed by atoms with Crippen molar-refractivity contribution >= 4 is 17.5 Å². The second kappa shape index (κ2) is 6.94.